The maximum atomic E-state index is 12.1. The first-order chi connectivity index (χ1) is 10.7. The minimum absolute atomic E-state index is 0.119. The number of aryl methyl sites for hydroxylation is 1. The second-order valence-corrected chi connectivity index (χ2v) is 5.75. The quantitative estimate of drug-likeness (QED) is 0.906. The van der Waals surface area contributed by atoms with Crippen molar-refractivity contribution in [2.24, 2.45) is 0 Å². The van der Waals surface area contributed by atoms with Crippen molar-refractivity contribution in [3.63, 3.8) is 0 Å². The number of anilines is 1. The van der Waals surface area contributed by atoms with E-state index in [0.717, 1.165) is 24.5 Å². The Bertz CT molecular complexity index is 654. The summed E-state index contributed by atoms with van der Waals surface area (Å²) in [5.74, 6) is 0.565. The van der Waals surface area contributed by atoms with Crippen molar-refractivity contribution >= 4 is 23.2 Å². The number of hydrogen-bond acceptors (Lipinski definition) is 7. The first-order valence-corrected chi connectivity index (χ1v) is 7.95. The van der Waals surface area contributed by atoms with Crippen LogP contribution in [0.25, 0.3) is 0 Å². The van der Waals surface area contributed by atoms with Crippen LogP contribution in [-0.4, -0.2) is 47.2 Å². The fourth-order valence-corrected chi connectivity index (χ4v) is 2.89. The second-order valence-electron chi connectivity index (χ2n) is 4.90. The van der Waals surface area contributed by atoms with E-state index in [4.69, 9.17) is 4.74 Å². The Morgan fingerprint density at radius 1 is 1.41 bits per heavy atom. The molecular formula is C14H17N5O2S. The Balaban J connectivity index is 1.63. The summed E-state index contributed by atoms with van der Waals surface area (Å²) in [6.45, 7) is 5.15. The van der Waals surface area contributed by atoms with Crippen molar-refractivity contribution in [3.8, 4) is 0 Å². The molecule has 1 fully saturated rings. The Kier molecular flexibility index (Phi) is 4.59. The fraction of sp³-hybridized carbons (Fsp3) is 0.429. The lowest BCUT2D eigenvalue weighted by Crippen LogP contribution is -2.37. The van der Waals surface area contributed by atoms with Gasteiger partial charge in [-0.25, -0.2) is 15.0 Å². The minimum Gasteiger partial charge on any atom is -0.378 e. The van der Waals surface area contributed by atoms with E-state index < -0.39 is 0 Å². The van der Waals surface area contributed by atoms with Crippen molar-refractivity contribution in [2.45, 2.75) is 13.5 Å². The highest BCUT2D eigenvalue weighted by molar-refractivity contribution is 7.11. The van der Waals surface area contributed by atoms with E-state index in [9.17, 15) is 4.79 Å². The molecule has 0 aliphatic carbocycles. The minimum atomic E-state index is -0.119. The Hall–Kier alpha value is -2.06. The van der Waals surface area contributed by atoms with Gasteiger partial charge in [0.25, 0.3) is 5.91 Å². The lowest BCUT2D eigenvalue weighted by atomic mass is 10.3. The molecule has 0 saturated carbocycles. The van der Waals surface area contributed by atoms with E-state index in [0.29, 0.717) is 30.6 Å². The number of rotatable bonds is 4. The number of amides is 1. The van der Waals surface area contributed by atoms with E-state index in [1.807, 2.05) is 13.0 Å². The Labute approximate surface area is 132 Å². The molecule has 8 heteroatoms. The van der Waals surface area contributed by atoms with Gasteiger partial charge < -0.3 is 15.0 Å². The predicted octanol–water partition coefficient (Wildman–Crippen LogP) is 1.01. The summed E-state index contributed by atoms with van der Waals surface area (Å²) in [7, 11) is 0. The predicted molar refractivity (Wildman–Crippen MR) is 83.1 cm³/mol. The molecule has 116 valence electrons. The van der Waals surface area contributed by atoms with Crippen LogP contribution in [0.3, 0.4) is 0 Å². The molecule has 2 aromatic rings. The lowest BCUT2D eigenvalue weighted by Gasteiger charge is -2.26. The number of hydrogen-bond donors (Lipinski definition) is 1. The largest absolute Gasteiger partial charge is 0.378 e. The average molecular weight is 319 g/mol. The number of thiazole rings is 1. The fourth-order valence-electron chi connectivity index (χ4n) is 2.17. The van der Waals surface area contributed by atoms with Gasteiger partial charge in [-0.3, -0.25) is 4.79 Å². The van der Waals surface area contributed by atoms with E-state index in [1.165, 1.54) is 11.3 Å². The molecule has 1 saturated heterocycles. The molecule has 0 aromatic carbocycles. The van der Waals surface area contributed by atoms with Gasteiger partial charge >= 0.3 is 0 Å². The lowest BCUT2D eigenvalue weighted by molar-refractivity contribution is 0.0953. The number of ether oxygens (including phenoxy) is 1. The van der Waals surface area contributed by atoms with Crippen LogP contribution in [0.5, 0.6) is 0 Å². The summed E-state index contributed by atoms with van der Waals surface area (Å²) >= 11 is 1.34. The van der Waals surface area contributed by atoms with Crippen LogP contribution in [0.4, 0.5) is 5.95 Å². The molecule has 0 unspecified atom stereocenters. The zero-order valence-corrected chi connectivity index (χ0v) is 13.1. The van der Waals surface area contributed by atoms with Crippen molar-refractivity contribution in [1.82, 2.24) is 20.3 Å². The van der Waals surface area contributed by atoms with Gasteiger partial charge in [0, 0.05) is 19.3 Å². The van der Waals surface area contributed by atoms with Crippen molar-refractivity contribution < 1.29 is 9.53 Å². The summed E-state index contributed by atoms with van der Waals surface area (Å²) in [6, 6.07) is 1.81. The Morgan fingerprint density at radius 3 is 2.95 bits per heavy atom. The molecule has 0 bridgehead atoms. The number of morpholine rings is 1. The highest BCUT2D eigenvalue weighted by atomic mass is 32.1. The number of carbonyl (C=O) groups excluding carboxylic acids is 1. The van der Waals surface area contributed by atoms with Crippen molar-refractivity contribution in [1.29, 1.82) is 0 Å². The third-order valence-electron chi connectivity index (χ3n) is 3.38. The first kappa shape index (κ1) is 14.9. The summed E-state index contributed by atoms with van der Waals surface area (Å²) in [5, 5.41) is 2.87. The molecule has 2 aromatic heterocycles. The van der Waals surface area contributed by atoms with Crippen LogP contribution in [0.15, 0.2) is 17.8 Å². The van der Waals surface area contributed by atoms with Gasteiger partial charge in [-0.2, -0.15) is 0 Å². The van der Waals surface area contributed by atoms with Crippen LogP contribution < -0.4 is 10.2 Å². The van der Waals surface area contributed by atoms with Crippen molar-refractivity contribution in [2.75, 3.05) is 31.2 Å². The number of carbonyl (C=O) groups is 1. The number of nitrogens with one attached hydrogen (secondary N) is 1. The molecule has 0 radical (unpaired) electrons. The van der Waals surface area contributed by atoms with E-state index >= 15 is 0 Å². The zero-order chi connectivity index (χ0) is 15.4. The highest BCUT2D eigenvalue weighted by Crippen LogP contribution is 2.13. The summed E-state index contributed by atoms with van der Waals surface area (Å²) in [5.41, 5.74) is 3.21. The molecule has 1 N–H and O–H groups in total. The molecule has 22 heavy (non-hydrogen) atoms. The van der Waals surface area contributed by atoms with Gasteiger partial charge in [0.15, 0.2) is 0 Å². The van der Waals surface area contributed by atoms with E-state index in [-0.39, 0.29) is 5.91 Å². The van der Waals surface area contributed by atoms with E-state index in [1.54, 1.807) is 11.7 Å². The van der Waals surface area contributed by atoms with E-state index in [2.05, 4.69) is 25.2 Å². The van der Waals surface area contributed by atoms with Gasteiger partial charge in [0.05, 0.1) is 36.7 Å². The Morgan fingerprint density at radius 2 is 2.23 bits per heavy atom. The molecule has 0 spiro atoms. The van der Waals surface area contributed by atoms with Crippen LogP contribution in [0.2, 0.25) is 0 Å². The molecule has 3 rings (SSSR count). The van der Waals surface area contributed by atoms with Crippen LogP contribution in [0, 0.1) is 6.92 Å². The topological polar surface area (TPSA) is 80.2 Å². The zero-order valence-electron chi connectivity index (χ0n) is 12.3. The molecule has 0 atom stereocenters. The van der Waals surface area contributed by atoms with Gasteiger partial charge in [-0.05, 0) is 13.0 Å². The third-order valence-corrected chi connectivity index (χ3v) is 4.30. The number of nitrogens with zero attached hydrogens (tertiary/aromatic N) is 4. The molecule has 7 nitrogen and oxygen atoms in total. The summed E-state index contributed by atoms with van der Waals surface area (Å²) < 4.78 is 5.32. The highest BCUT2D eigenvalue weighted by Gasteiger charge is 2.15. The second kappa shape index (κ2) is 6.80. The van der Waals surface area contributed by atoms with Crippen molar-refractivity contribution in [3.05, 3.63) is 34.0 Å². The average Bonchev–Trinajstić information content (AvgIpc) is 3.00. The van der Waals surface area contributed by atoms with Crippen LogP contribution >= 0.6 is 11.3 Å². The number of aromatic nitrogens is 3. The van der Waals surface area contributed by atoms with Crippen LogP contribution in [-0.2, 0) is 11.3 Å². The summed E-state index contributed by atoms with van der Waals surface area (Å²) in [6.07, 6.45) is 1.72. The molecule has 1 amide bonds. The molecule has 1 aliphatic heterocycles. The standard InChI is InChI=1S/C14H17N5O2S/c1-10-12(22-9-17-10)13(20)16-8-11-2-3-15-14(18-11)19-4-6-21-7-5-19/h2-3,9H,4-8H2,1H3,(H,16,20). The SMILES string of the molecule is Cc1ncsc1C(=O)NCc1ccnc(N2CCOCC2)n1. The maximum absolute atomic E-state index is 12.1. The smallest absolute Gasteiger partial charge is 0.263 e. The maximum Gasteiger partial charge on any atom is 0.263 e. The summed E-state index contributed by atoms with van der Waals surface area (Å²) in [4.78, 5) is 27.7. The third kappa shape index (κ3) is 3.40. The van der Waals surface area contributed by atoms with Crippen LogP contribution in [0.1, 0.15) is 21.1 Å². The molecular weight excluding hydrogens is 302 g/mol. The normalized spacial score (nSPS) is 14.9. The monoisotopic (exact) mass is 319 g/mol. The molecule has 3 heterocycles. The van der Waals surface area contributed by atoms with Gasteiger partial charge in [0.1, 0.15) is 4.88 Å². The first-order valence-electron chi connectivity index (χ1n) is 7.07. The van der Waals surface area contributed by atoms with Gasteiger partial charge in [-0.1, -0.05) is 0 Å². The molecule has 1 aliphatic rings. The van der Waals surface area contributed by atoms with Gasteiger partial charge in [0.2, 0.25) is 5.95 Å². The van der Waals surface area contributed by atoms with Gasteiger partial charge in [-0.15, -0.1) is 11.3 Å².